The number of rotatable bonds is 3. The number of H-pyrrole nitrogens is 1. The van der Waals surface area contributed by atoms with Gasteiger partial charge in [-0.05, 0) is 73.0 Å². The molecule has 7 heteroatoms. The van der Waals surface area contributed by atoms with Gasteiger partial charge >= 0.3 is 0 Å². The topological polar surface area (TPSA) is 81.5 Å². The average Bonchev–Trinajstić information content (AvgIpc) is 3.22. The Balaban J connectivity index is 1.49. The van der Waals surface area contributed by atoms with Gasteiger partial charge in [-0.1, -0.05) is 36.4 Å². The Hall–Kier alpha value is -3.16. The van der Waals surface area contributed by atoms with Crippen molar-refractivity contribution in [1.29, 1.82) is 0 Å². The molecule has 0 fully saturated rings. The van der Waals surface area contributed by atoms with Crippen molar-refractivity contribution < 1.29 is 10.2 Å². The van der Waals surface area contributed by atoms with Gasteiger partial charge in [-0.15, -0.1) is 0 Å². The number of aliphatic imine (C=N–C) groups is 1. The summed E-state index contributed by atoms with van der Waals surface area (Å²) in [4.78, 5) is 12.5. The van der Waals surface area contributed by atoms with Crippen molar-refractivity contribution >= 4 is 65.6 Å². The summed E-state index contributed by atoms with van der Waals surface area (Å²) >= 11 is 6.44. The zero-order chi connectivity index (χ0) is 21.5. The predicted molar refractivity (Wildman–Crippen MR) is 131 cm³/mol. The molecule has 0 spiro atoms. The maximum atomic E-state index is 10.2. The Kier molecular flexibility index (Phi) is 5.00. The molecule has 31 heavy (non-hydrogen) atoms. The van der Waals surface area contributed by atoms with Gasteiger partial charge in [0.1, 0.15) is 21.8 Å². The van der Waals surface area contributed by atoms with Gasteiger partial charge in [-0.25, -0.2) is 4.98 Å². The number of aromatic nitrogens is 2. The number of halogens is 2. The number of nitrogens with one attached hydrogen (secondary N) is 1. The van der Waals surface area contributed by atoms with E-state index in [-0.39, 0.29) is 16.0 Å². The molecule has 4 aromatic carbocycles. The minimum absolute atomic E-state index is 0.0604. The van der Waals surface area contributed by atoms with E-state index >= 15 is 0 Å². The number of phenolic OH excluding ortho intramolecular Hbond substituents is 2. The highest BCUT2D eigenvalue weighted by molar-refractivity contribution is 9.11. The summed E-state index contributed by atoms with van der Waals surface area (Å²) in [6, 6.07) is 21.8. The van der Waals surface area contributed by atoms with Gasteiger partial charge in [-0.3, -0.25) is 4.99 Å². The van der Waals surface area contributed by atoms with E-state index in [9.17, 15) is 10.2 Å². The van der Waals surface area contributed by atoms with E-state index in [1.807, 2.05) is 30.3 Å². The minimum atomic E-state index is -0.0781. The molecule has 1 heterocycles. The van der Waals surface area contributed by atoms with E-state index < -0.39 is 0 Å². The first-order valence-electron chi connectivity index (χ1n) is 9.42. The fourth-order valence-corrected chi connectivity index (χ4v) is 4.56. The van der Waals surface area contributed by atoms with Crippen LogP contribution < -0.4 is 0 Å². The van der Waals surface area contributed by atoms with Crippen LogP contribution in [0.15, 0.2) is 80.7 Å². The Morgan fingerprint density at radius 1 is 0.871 bits per heavy atom. The van der Waals surface area contributed by atoms with Crippen LogP contribution in [0, 0.1) is 0 Å². The van der Waals surface area contributed by atoms with Crippen LogP contribution in [0.1, 0.15) is 5.56 Å². The number of phenols is 2. The van der Waals surface area contributed by atoms with Crippen LogP contribution >= 0.6 is 31.9 Å². The fourth-order valence-electron chi connectivity index (χ4n) is 3.41. The average molecular weight is 537 g/mol. The van der Waals surface area contributed by atoms with Gasteiger partial charge in [0.2, 0.25) is 0 Å². The molecule has 0 aliphatic heterocycles. The lowest BCUT2D eigenvalue weighted by atomic mass is 10.1. The number of fused-ring (bicyclic) bond motifs is 2. The third-order valence-corrected chi connectivity index (χ3v) is 6.39. The van der Waals surface area contributed by atoms with Gasteiger partial charge in [0, 0.05) is 17.3 Å². The van der Waals surface area contributed by atoms with Crippen LogP contribution in [-0.4, -0.2) is 26.4 Å². The first-order chi connectivity index (χ1) is 15.0. The van der Waals surface area contributed by atoms with Gasteiger partial charge in [-0.2, -0.15) is 0 Å². The number of aromatic hydroxyl groups is 2. The lowest BCUT2D eigenvalue weighted by Gasteiger charge is -2.06. The van der Waals surface area contributed by atoms with E-state index in [2.05, 4.69) is 72.2 Å². The van der Waals surface area contributed by atoms with Crippen molar-refractivity contribution in [3.8, 4) is 22.9 Å². The van der Waals surface area contributed by atoms with Crippen LogP contribution in [0.3, 0.4) is 0 Å². The molecule has 0 atom stereocenters. The minimum Gasteiger partial charge on any atom is -0.506 e. The highest BCUT2D eigenvalue weighted by atomic mass is 79.9. The maximum absolute atomic E-state index is 10.2. The summed E-state index contributed by atoms with van der Waals surface area (Å²) in [6.45, 7) is 0. The normalized spacial score (nSPS) is 11.7. The quantitative estimate of drug-likeness (QED) is 0.216. The number of aromatic amines is 1. The SMILES string of the molecule is Oc1c(Br)cc(C=Nc2ccc3nc(-c4ccc5ccccc5c4)[nH]c3c2)c(O)c1Br. The molecule has 0 unspecified atom stereocenters. The molecule has 0 saturated carbocycles. The molecule has 152 valence electrons. The first kappa shape index (κ1) is 19.8. The Morgan fingerprint density at radius 2 is 1.68 bits per heavy atom. The number of nitrogens with zero attached hydrogens (tertiary/aromatic N) is 2. The van der Waals surface area contributed by atoms with Crippen LogP contribution in [0.25, 0.3) is 33.2 Å². The second-order valence-corrected chi connectivity index (χ2v) is 8.71. The van der Waals surface area contributed by atoms with Crippen molar-refractivity contribution in [2.24, 2.45) is 4.99 Å². The number of hydrogen-bond donors (Lipinski definition) is 3. The van der Waals surface area contributed by atoms with E-state index in [4.69, 9.17) is 4.98 Å². The molecular formula is C24H15Br2N3O2. The molecule has 3 N–H and O–H groups in total. The summed E-state index contributed by atoms with van der Waals surface area (Å²) < 4.78 is 0.676. The predicted octanol–water partition coefficient (Wildman–Crippen LogP) is 7.07. The lowest BCUT2D eigenvalue weighted by molar-refractivity contribution is 0.442. The zero-order valence-corrected chi connectivity index (χ0v) is 19.1. The van der Waals surface area contributed by atoms with Crippen molar-refractivity contribution in [3.63, 3.8) is 0 Å². The van der Waals surface area contributed by atoms with Crippen molar-refractivity contribution in [1.82, 2.24) is 9.97 Å². The van der Waals surface area contributed by atoms with Crippen molar-refractivity contribution in [3.05, 3.63) is 81.2 Å². The Labute approximate surface area is 194 Å². The number of imidazole rings is 1. The smallest absolute Gasteiger partial charge is 0.147 e. The van der Waals surface area contributed by atoms with E-state index in [1.54, 1.807) is 12.3 Å². The third-order valence-electron chi connectivity index (χ3n) is 5.04. The molecule has 5 aromatic rings. The van der Waals surface area contributed by atoms with Gasteiger partial charge in [0.25, 0.3) is 0 Å². The maximum Gasteiger partial charge on any atom is 0.147 e. The monoisotopic (exact) mass is 535 g/mol. The first-order valence-corrected chi connectivity index (χ1v) is 11.0. The third kappa shape index (κ3) is 3.71. The molecule has 0 aliphatic rings. The number of benzene rings is 4. The molecule has 0 aliphatic carbocycles. The molecule has 0 radical (unpaired) electrons. The fraction of sp³-hybridized carbons (Fsp3) is 0. The number of hydrogen-bond acceptors (Lipinski definition) is 4. The standard InChI is InChI=1S/C24H15Br2N3O2/c25-18-10-16(22(30)21(26)23(18)31)12-27-17-7-8-19-20(11-17)29-24(28-19)15-6-5-13-3-1-2-4-14(13)9-15/h1-12,30-31H,(H,28,29). The highest BCUT2D eigenvalue weighted by Gasteiger charge is 2.13. The van der Waals surface area contributed by atoms with Gasteiger partial charge < -0.3 is 15.2 Å². The largest absolute Gasteiger partial charge is 0.506 e. The lowest BCUT2D eigenvalue weighted by Crippen LogP contribution is -1.85. The summed E-state index contributed by atoms with van der Waals surface area (Å²) in [5, 5.41) is 22.4. The molecule has 1 aromatic heterocycles. The highest BCUT2D eigenvalue weighted by Crippen LogP contribution is 2.40. The van der Waals surface area contributed by atoms with E-state index in [0.29, 0.717) is 15.7 Å². The van der Waals surface area contributed by atoms with Crippen LogP contribution in [0.4, 0.5) is 5.69 Å². The molecule has 0 saturated heterocycles. The Morgan fingerprint density at radius 3 is 2.52 bits per heavy atom. The zero-order valence-electron chi connectivity index (χ0n) is 16.0. The molecule has 0 amide bonds. The van der Waals surface area contributed by atoms with Crippen molar-refractivity contribution in [2.75, 3.05) is 0 Å². The summed E-state index contributed by atoms with van der Waals surface area (Å²) in [7, 11) is 0. The van der Waals surface area contributed by atoms with Crippen LogP contribution in [0.2, 0.25) is 0 Å². The molecule has 0 bridgehead atoms. The molecule has 5 rings (SSSR count). The van der Waals surface area contributed by atoms with E-state index in [0.717, 1.165) is 27.8 Å². The van der Waals surface area contributed by atoms with E-state index in [1.165, 1.54) is 5.39 Å². The second kappa shape index (κ2) is 7.83. The molecular weight excluding hydrogens is 522 g/mol. The van der Waals surface area contributed by atoms with Crippen LogP contribution in [0.5, 0.6) is 11.5 Å². The summed E-state index contributed by atoms with van der Waals surface area (Å²) in [6.07, 6.45) is 1.55. The van der Waals surface area contributed by atoms with Gasteiger partial charge in [0.05, 0.1) is 21.2 Å². The summed E-state index contributed by atoms with van der Waals surface area (Å²) in [5.74, 6) is 0.659. The molecule has 5 nitrogen and oxygen atoms in total. The van der Waals surface area contributed by atoms with Gasteiger partial charge in [0.15, 0.2) is 0 Å². The van der Waals surface area contributed by atoms with Crippen molar-refractivity contribution in [2.45, 2.75) is 0 Å². The second-order valence-electron chi connectivity index (χ2n) is 7.07. The van der Waals surface area contributed by atoms with Crippen LogP contribution in [-0.2, 0) is 0 Å². The Bertz CT molecular complexity index is 1490. The summed E-state index contributed by atoms with van der Waals surface area (Å²) in [5.41, 5.74) is 3.91.